The van der Waals surface area contributed by atoms with Crippen LogP contribution < -0.4 is 5.32 Å². The van der Waals surface area contributed by atoms with Crippen molar-refractivity contribution in [3.05, 3.63) is 76.9 Å². The number of nitro groups is 1. The first-order valence-electron chi connectivity index (χ1n) is 7.01. The molecule has 0 aliphatic heterocycles. The minimum Gasteiger partial charge on any atom is -0.354 e. The molecule has 0 saturated heterocycles. The molecule has 1 aromatic carbocycles. The Labute approximate surface area is 133 Å². The van der Waals surface area contributed by atoms with E-state index in [9.17, 15) is 10.1 Å². The SMILES string of the molecule is Cc1ccc([N+](=O)[O-])cc1Nc1cncc(-c2cccnc2)c1. The quantitative estimate of drug-likeness (QED) is 0.579. The number of hydrogen-bond donors (Lipinski definition) is 1. The van der Waals surface area contributed by atoms with Crippen molar-refractivity contribution < 1.29 is 4.92 Å². The number of anilines is 2. The van der Waals surface area contributed by atoms with E-state index in [1.54, 1.807) is 30.9 Å². The Morgan fingerprint density at radius 3 is 2.61 bits per heavy atom. The van der Waals surface area contributed by atoms with Crippen LogP contribution in [0.5, 0.6) is 0 Å². The summed E-state index contributed by atoms with van der Waals surface area (Å²) in [6, 6.07) is 10.5. The largest absolute Gasteiger partial charge is 0.354 e. The van der Waals surface area contributed by atoms with E-state index in [0.29, 0.717) is 5.69 Å². The second kappa shape index (κ2) is 6.23. The van der Waals surface area contributed by atoms with Gasteiger partial charge in [0.2, 0.25) is 0 Å². The smallest absolute Gasteiger partial charge is 0.271 e. The molecule has 0 atom stereocenters. The fourth-order valence-electron chi connectivity index (χ4n) is 2.21. The van der Waals surface area contributed by atoms with E-state index in [-0.39, 0.29) is 5.69 Å². The molecule has 3 rings (SSSR count). The van der Waals surface area contributed by atoms with Crippen molar-refractivity contribution in [3.8, 4) is 11.1 Å². The highest BCUT2D eigenvalue weighted by Crippen LogP contribution is 2.27. The first kappa shape index (κ1) is 14.6. The molecule has 0 bridgehead atoms. The van der Waals surface area contributed by atoms with Crippen LogP contribution in [-0.2, 0) is 0 Å². The van der Waals surface area contributed by atoms with Gasteiger partial charge in [-0.05, 0) is 24.6 Å². The minimum atomic E-state index is -0.408. The van der Waals surface area contributed by atoms with Crippen LogP contribution in [0.1, 0.15) is 5.56 Å². The zero-order valence-electron chi connectivity index (χ0n) is 12.4. The molecule has 0 fully saturated rings. The molecule has 0 saturated carbocycles. The Morgan fingerprint density at radius 2 is 1.87 bits per heavy atom. The number of non-ortho nitro benzene ring substituents is 1. The fraction of sp³-hybridized carbons (Fsp3) is 0.0588. The summed E-state index contributed by atoms with van der Waals surface area (Å²) in [4.78, 5) is 18.8. The highest BCUT2D eigenvalue weighted by Gasteiger charge is 2.09. The molecule has 6 nitrogen and oxygen atoms in total. The molecule has 1 N–H and O–H groups in total. The molecular formula is C17H14N4O2. The van der Waals surface area contributed by atoms with Gasteiger partial charge in [-0.25, -0.2) is 0 Å². The molecule has 0 radical (unpaired) electrons. The molecule has 0 aliphatic carbocycles. The molecule has 2 aromatic heterocycles. The molecule has 3 aromatic rings. The average molecular weight is 306 g/mol. The van der Waals surface area contributed by atoms with Gasteiger partial charge in [0.05, 0.1) is 16.8 Å². The first-order valence-corrected chi connectivity index (χ1v) is 7.01. The molecule has 114 valence electrons. The molecule has 6 heteroatoms. The maximum Gasteiger partial charge on any atom is 0.271 e. The summed E-state index contributed by atoms with van der Waals surface area (Å²) in [7, 11) is 0. The van der Waals surface area contributed by atoms with Gasteiger partial charge >= 0.3 is 0 Å². The Kier molecular flexibility index (Phi) is 3.97. The third kappa shape index (κ3) is 3.32. The summed E-state index contributed by atoms with van der Waals surface area (Å²) in [5.74, 6) is 0. The molecule has 2 heterocycles. The summed E-state index contributed by atoms with van der Waals surface area (Å²) in [6.07, 6.45) is 6.91. The van der Waals surface area contributed by atoms with E-state index in [2.05, 4.69) is 15.3 Å². The van der Waals surface area contributed by atoms with Crippen LogP contribution in [-0.4, -0.2) is 14.9 Å². The summed E-state index contributed by atoms with van der Waals surface area (Å²) >= 11 is 0. The number of nitrogens with one attached hydrogen (secondary N) is 1. The number of aryl methyl sites for hydroxylation is 1. The van der Waals surface area contributed by atoms with Gasteiger partial charge in [0.1, 0.15) is 0 Å². The van der Waals surface area contributed by atoms with Crippen LogP contribution in [0.4, 0.5) is 17.1 Å². The second-order valence-electron chi connectivity index (χ2n) is 5.09. The number of hydrogen-bond acceptors (Lipinski definition) is 5. The number of nitrogens with zero attached hydrogens (tertiary/aromatic N) is 3. The molecule has 23 heavy (non-hydrogen) atoms. The van der Waals surface area contributed by atoms with E-state index in [1.807, 2.05) is 25.1 Å². The number of benzene rings is 1. The Hall–Kier alpha value is -3.28. The van der Waals surface area contributed by atoms with Crippen LogP contribution in [0.2, 0.25) is 0 Å². The van der Waals surface area contributed by atoms with Gasteiger partial charge < -0.3 is 5.32 Å². The van der Waals surface area contributed by atoms with Crippen molar-refractivity contribution in [1.82, 2.24) is 9.97 Å². The molecular weight excluding hydrogens is 292 g/mol. The molecule has 0 aliphatic rings. The van der Waals surface area contributed by atoms with Crippen molar-refractivity contribution >= 4 is 17.1 Å². The Balaban J connectivity index is 1.92. The maximum atomic E-state index is 10.9. The van der Waals surface area contributed by atoms with Gasteiger partial charge in [0, 0.05) is 47.5 Å². The fourth-order valence-corrected chi connectivity index (χ4v) is 2.21. The topological polar surface area (TPSA) is 81.0 Å². The van der Waals surface area contributed by atoms with Crippen LogP contribution in [0.15, 0.2) is 61.2 Å². The highest BCUT2D eigenvalue weighted by atomic mass is 16.6. The molecule has 0 spiro atoms. The van der Waals surface area contributed by atoms with Crippen molar-refractivity contribution in [2.75, 3.05) is 5.32 Å². The van der Waals surface area contributed by atoms with Gasteiger partial charge in [-0.2, -0.15) is 0 Å². The lowest BCUT2D eigenvalue weighted by molar-refractivity contribution is -0.384. The maximum absolute atomic E-state index is 10.9. The van der Waals surface area contributed by atoms with E-state index in [1.165, 1.54) is 12.1 Å². The number of aromatic nitrogens is 2. The number of pyridine rings is 2. The molecule has 0 unspecified atom stereocenters. The van der Waals surface area contributed by atoms with Crippen molar-refractivity contribution in [3.63, 3.8) is 0 Å². The van der Waals surface area contributed by atoms with E-state index in [0.717, 1.165) is 22.4 Å². The van der Waals surface area contributed by atoms with E-state index >= 15 is 0 Å². The summed E-state index contributed by atoms with van der Waals surface area (Å²) in [6.45, 7) is 1.89. The third-order valence-electron chi connectivity index (χ3n) is 3.44. The lowest BCUT2D eigenvalue weighted by Crippen LogP contribution is -1.96. The predicted molar refractivity (Wildman–Crippen MR) is 88.6 cm³/mol. The van der Waals surface area contributed by atoms with Gasteiger partial charge in [0.25, 0.3) is 5.69 Å². The van der Waals surface area contributed by atoms with Crippen molar-refractivity contribution in [1.29, 1.82) is 0 Å². The van der Waals surface area contributed by atoms with Crippen molar-refractivity contribution in [2.45, 2.75) is 6.92 Å². The van der Waals surface area contributed by atoms with Crippen molar-refractivity contribution in [2.24, 2.45) is 0 Å². The third-order valence-corrected chi connectivity index (χ3v) is 3.44. The minimum absolute atomic E-state index is 0.0504. The lowest BCUT2D eigenvalue weighted by Gasteiger charge is -2.10. The Bertz CT molecular complexity index is 850. The summed E-state index contributed by atoms with van der Waals surface area (Å²) in [5, 5.41) is 14.1. The summed E-state index contributed by atoms with van der Waals surface area (Å²) < 4.78 is 0. The average Bonchev–Trinajstić information content (AvgIpc) is 2.58. The summed E-state index contributed by atoms with van der Waals surface area (Å²) in [5.41, 5.74) is 4.29. The standard InChI is InChI=1S/C17H14N4O2/c1-12-4-5-16(21(22)23)8-17(12)20-15-7-14(10-19-11-15)13-3-2-6-18-9-13/h2-11,20H,1H3. The zero-order chi connectivity index (χ0) is 16.2. The lowest BCUT2D eigenvalue weighted by atomic mass is 10.1. The van der Waals surface area contributed by atoms with Crippen LogP contribution in [0.3, 0.4) is 0 Å². The zero-order valence-corrected chi connectivity index (χ0v) is 12.4. The van der Waals surface area contributed by atoms with Gasteiger partial charge in [-0.15, -0.1) is 0 Å². The van der Waals surface area contributed by atoms with Gasteiger partial charge in [0.15, 0.2) is 0 Å². The predicted octanol–water partition coefficient (Wildman–Crippen LogP) is 4.10. The number of nitro benzene ring substituents is 1. The monoisotopic (exact) mass is 306 g/mol. The van der Waals surface area contributed by atoms with E-state index < -0.39 is 4.92 Å². The normalized spacial score (nSPS) is 10.3. The number of rotatable bonds is 4. The second-order valence-corrected chi connectivity index (χ2v) is 5.09. The van der Waals surface area contributed by atoms with Crippen LogP contribution in [0.25, 0.3) is 11.1 Å². The van der Waals surface area contributed by atoms with Crippen LogP contribution in [0, 0.1) is 17.0 Å². The molecule has 0 amide bonds. The van der Waals surface area contributed by atoms with E-state index in [4.69, 9.17) is 0 Å². The Morgan fingerprint density at radius 1 is 1.04 bits per heavy atom. The highest BCUT2D eigenvalue weighted by molar-refractivity contribution is 5.71. The van der Waals surface area contributed by atoms with Gasteiger partial charge in [-0.1, -0.05) is 12.1 Å². The van der Waals surface area contributed by atoms with Gasteiger partial charge in [-0.3, -0.25) is 20.1 Å². The first-order chi connectivity index (χ1) is 11.1. The van der Waals surface area contributed by atoms with Crippen LogP contribution >= 0.6 is 0 Å².